The lowest BCUT2D eigenvalue weighted by Gasteiger charge is -2.09. The zero-order valence-electron chi connectivity index (χ0n) is 9.87. The summed E-state index contributed by atoms with van der Waals surface area (Å²) in [6, 6.07) is 8.64. The highest BCUT2D eigenvalue weighted by atomic mass is 35.5. The Bertz CT molecular complexity index is 599. The van der Waals surface area contributed by atoms with E-state index in [9.17, 15) is 0 Å². The van der Waals surface area contributed by atoms with E-state index in [1.54, 1.807) is 30.3 Å². The highest BCUT2D eigenvalue weighted by molar-refractivity contribution is 6.32. The predicted octanol–water partition coefficient (Wildman–Crippen LogP) is 3.19. The van der Waals surface area contributed by atoms with E-state index in [1.807, 2.05) is 13.8 Å². The molecule has 88 valence electrons. The lowest BCUT2D eigenvalue weighted by atomic mass is 10.1. The van der Waals surface area contributed by atoms with Crippen LogP contribution in [-0.2, 0) is 0 Å². The quantitative estimate of drug-likeness (QED) is 0.824. The molecule has 0 fully saturated rings. The molecular weight excluding hydrogens is 248 g/mol. The minimum absolute atomic E-state index is 0.0684. The van der Waals surface area contributed by atoms with Gasteiger partial charge in [0, 0.05) is 10.7 Å². The highest BCUT2D eigenvalue weighted by Gasteiger charge is 2.08. The Hall–Kier alpha value is -2.48. The second-order valence-electron chi connectivity index (χ2n) is 3.63. The fraction of sp³-hybridized carbons (Fsp3) is 0.154. The van der Waals surface area contributed by atoms with Gasteiger partial charge >= 0.3 is 0 Å². The first-order valence-corrected chi connectivity index (χ1v) is 5.39. The van der Waals surface area contributed by atoms with Gasteiger partial charge in [-0.1, -0.05) is 11.6 Å². The number of anilines is 1. The Morgan fingerprint density at radius 1 is 1.06 bits per heavy atom. The van der Waals surface area contributed by atoms with Crippen LogP contribution in [0.1, 0.15) is 11.1 Å². The molecule has 0 spiro atoms. The van der Waals surface area contributed by atoms with Crippen LogP contribution >= 0.6 is 11.6 Å². The van der Waals surface area contributed by atoms with Gasteiger partial charge in [-0.15, -0.1) is 0 Å². The van der Waals surface area contributed by atoms with Crippen LogP contribution in [0.4, 0.5) is 5.69 Å². The molecule has 4 nitrogen and oxygen atoms in total. The van der Waals surface area contributed by atoms with E-state index in [0.29, 0.717) is 10.7 Å². The summed E-state index contributed by atoms with van der Waals surface area (Å²) in [7, 11) is 0. The van der Waals surface area contributed by atoms with Crippen molar-refractivity contribution >= 4 is 17.3 Å². The number of hydrogen-bond acceptors (Lipinski definition) is 4. The van der Waals surface area contributed by atoms with Crippen molar-refractivity contribution in [2.24, 2.45) is 0 Å². The smallest absolute Gasteiger partial charge is 0.163 e. The molecule has 0 aliphatic heterocycles. The monoisotopic (exact) mass is 256 g/mol. The van der Waals surface area contributed by atoms with Crippen molar-refractivity contribution in [1.82, 2.24) is 0 Å². The summed E-state index contributed by atoms with van der Waals surface area (Å²) in [6.45, 7) is 3.68. The number of hydrogen-bond donors (Lipinski definition) is 1. The number of aryl methyl sites for hydroxylation is 2. The average Bonchev–Trinajstić information content (AvgIpc) is 2.35. The van der Waals surface area contributed by atoms with Crippen molar-refractivity contribution in [2.45, 2.75) is 13.8 Å². The first-order chi connectivity index (χ1) is 8.53. The van der Waals surface area contributed by atoms with Crippen LogP contribution < -0.4 is 5.32 Å². The number of nitrogens with one attached hydrogen (secondary N) is 1. The zero-order valence-corrected chi connectivity index (χ0v) is 10.6. The molecule has 0 unspecified atom stereocenters. The summed E-state index contributed by atoms with van der Waals surface area (Å²) in [5.74, 6) is 0. The van der Waals surface area contributed by atoms with Crippen LogP contribution in [0, 0.1) is 47.8 Å². The average molecular weight is 257 g/mol. The van der Waals surface area contributed by atoms with Gasteiger partial charge in [0.05, 0.1) is 0 Å². The number of allylic oxidation sites excluding steroid dienone is 2. The van der Waals surface area contributed by atoms with E-state index < -0.39 is 0 Å². The molecule has 0 atom stereocenters. The normalized spacial score (nSPS) is 8.67. The molecule has 0 heterocycles. The topological polar surface area (TPSA) is 83.4 Å². The van der Waals surface area contributed by atoms with E-state index >= 15 is 0 Å². The fourth-order valence-corrected chi connectivity index (χ4v) is 1.55. The number of rotatable bonds is 2. The van der Waals surface area contributed by atoms with Crippen molar-refractivity contribution in [1.29, 1.82) is 15.8 Å². The van der Waals surface area contributed by atoms with E-state index in [2.05, 4.69) is 5.32 Å². The van der Waals surface area contributed by atoms with Gasteiger partial charge in [-0.25, -0.2) is 0 Å². The molecule has 1 N–H and O–H groups in total. The van der Waals surface area contributed by atoms with E-state index in [4.69, 9.17) is 27.4 Å². The molecule has 0 amide bonds. The van der Waals surface area contributed by atoms with Crippen LogP contribution in [0.25, 0.3) is 0 Å². The third-order valence-electron chi connectivity index (χ3n) is 2.29. The van der Waals surface area contributed by atoms with E-state index in [-0.39, 0.29) is 11.3 Å². The largest absolute Gasteiger partial charge is 0.345 e. The van der Waals surface area contributed by atoms with Gasteiger partial charge in [0.15, 0.2) is 5.57 Å². The lowest BCUT2D eigenvalue weighted by molar-refractivity contribution is 1.34. The molecule has 0 radical (unpaired) electrons. The molecule has 5 heteroatoms. The molecule has 1 aromatic carbocycles. The summed E-state index contributed by atoms with van der Waals surface area (Å²) in [4.78, 5) is 0. The Morgan fingerprint density at radius 3 is 1.94 bits per heavy atom. The molecule has 0 saturated carbocycles. The van der Waals surface area contributed by atoms with Gasteiger partial charge in [0.1, 0.15) is 23.9 Å². The second-order valence-corrected chi connectivity index (χ2v) is 4.01. The SMILES string of the molecule is Cc1cc(NC(C#N)=C(C#N)C#N)cc(C)c1Cl. The molecule has 0 aromatic heterocycles. The van der Waals surface area contributed by atoms with Crippen LogP contribution in [0.3, 0.4) is 0 Å². The second kappa shape index (κ2) is 5.73. The highest BCUT2D eigenvalue weighted by Crippen LogP contribution is 2.25. The molecule has 18 heavy (non-hydrogen) atoms. The molecule has 1 aromatic rings. The zero-order chi connectivity index (χ0) is 13.7. The third kappa shape index (κ3) is 2.80. The van der Waals surface area contributed by atoms with Crippen molar-refractivity contribution < 1.29 is 0 Å². The fourth-order valence-electron chi connectivity index (χ4n) is 1.45. The summed E-state index contributed by atoms with van der Waals surface area (Å²) >= 11 is 6.03. The minimum Gasteiger partial charge on any atom is -0.345 e. The maximum Gasteiger partial charge on any atom is 0.163 e. The summed E-state index contributed by atoms with van der Waals surface area (Å²) in [6.07, 6.45) is 0. The summed E-state index contributed by atoms with van der Waals surface area (Å²) in [5.41, 5.74) is 2.01. The number of benzene rings is 1. The van der Waals surface area contributed by atoms with Crippen LogP contribution in [0.15, 0.2) is 23.4 Å². The Morgan fingerprint density at radius 2 is 1.56 bits per heavy atom. The maximum absolute atomic E-state index is 8.91. The molecular formula is C13H9ClN4. The molecule has 0 aliphatic rings. The Balaban J connectivity index is 3.22. The van der Waals surface area contributed by atoms with Crippen LogP contribution in [0.2, 0.25) is 5.02 Å². The van der Waals surface area contributed by atoms with Crippen molar-refractivity contribution in [3.8, 4) is 18.2 Å². The third-order valence-corrected chi connectivity index (χ3v) is 2.89. The van der Waals surface area contributed by atoms with Gasteiger partial charge < -0.3 is 5.32 Å². The summed E-state index contributed by atoms with van der Waals surface area (Å²) in [5, 5.41) is 29.8. The minimum atomic E-state index is -0.247. The number of halogens is 1. The van der Waals surface area contributed by atoms with Gasteiger partial charge in [0.2, 0.25) is 0 Å². The Labute approximate surface area is 110 Å². The van der Waals surface area contributed by atoms with Gasteiger partial charge in [-0.2, -0.15) is 15.8 Å². The maximum atomic E-state index is 8.91. The van der Waals surface area contributed by atoms with Gasteiger partial charge in [-0.05, 0) is 37.1 Å². The molecule has 0 aliphatic carbocycles. The van der Waals surface area contributed by atoms with Crippen LogP contribution in [-0.4, -0.2) is 0 Å². The van der Waals surface area contributed by atoms with Crippen molar-refractivity contribution in [2.75, 3.05) is 5.32 Å². The number of nitriles is 3. The van der Waals surface area contributed by atoms with Crippen LogP contribution in [0.5, 0.6) is 0 Å². The van der Waals surface area contributed by atoms with Crippen molar-refractivity contribution in [3.63, 3.8) is 0 Å². The first kappa shape index (κ1) is 13.6. The van der Waals surface area contributed by atoms with E-state index in [0.717, 1.165) is 11.1 Å². The lowest BCUT2D eigenvalue weighted by Crippen LogP contribution is -2.01. The van der Waals surface area contributed by atoms with Crippen molar-refractivity contribution in [3.05, 3.63) is 39.6 Å². The molecule has 0 saturated heterocycles. The Kier molecular flexibility index (Phi) is 4.33. The predicted molar refractivity (Wildman–Crippen MR) is 68.4 cm³/mol. The standard InChI is InChI=1S/C13H9ClN4/c1-8-3-11(4-9(2)13(8)14)18-12(7-17)10(5-15)6-16/h3-4,18H,1-2H3. The molecule has 1 rings (SSSR count). The van der Waals surface area contributed by atoms with E-state index in [1.165, 1.54) is 0 Å². The van der Waals surface area contributed by atoms with Gasteiger partial charge in [-0.3, -0.25) is 0 Å². The first-order valence-electron chi connectivity index (χ1n) is 5.01. The summed E-state index contributed by atoms with van der Waals surface area (Å²) < 4.78 is 0. The number of nitrogens with zero attached hydrogens (tertiary/aromatic N) is 3. The van der Waals surface area contributed by atoms with Gasteiger partial charge in [0.25, 0.3) is 0 Å². The molecule has 0 bridgehead atoms.